The van der Waals surface area contributed by atoms with E-state index in [-0.39, 0.29) is 10.8 Å². The van der Waals surface area contributed by atoms with Crippen molar-refractivity contribution in [2.75, 3.05) is 0 Å². The molecule has 0 amide bonds. The highest BCUT2D eigenvalue weighted by atomic mass is 31.0. The van der Waals surface area contributed by atoms with Gasteiger partial charge in [-0.15, -0.1) is 0 Å². The van der Waals surface area contributed by atoms with Crippen LogP contribution >= 0.6 is 9.47 Å². The van der Waals surface area contributed by atoms with E-state index in [2.05, 4.69) is 70.9 Å². The van der Waals surface area contributed by atoms with Crippen LogP contribution in [0.2, 0.25) is 0 Å². The molecule has 0 aliphatic heterocycles. The standard InChI is InChI=1S/C16H19O2P.C14H22O/c1-9-5-7-13(17)15(11(9)3)16-12(4)10(2)6-8-14(16)18-19;1-13(2,3)10-7-8-12(15)11(9-10)14(4,5)6/h5-8,17H,19H2,1-4H3;7-9,15H,1-6H3. The van der Waals surface area contributed by atoms with Crippen LogP contribution in [0.1, 0.15) is 74.9 Å². The van der Waals surface area contributed by atoms with Crippen molar-refractivity contribution in [2.45, 2.75) is 80.1 Å². The fourth-order valence-corrected chi connectivity index (χ4v) is 4.12. The lowest BCUT2D eigenvalue weighted by Gasteiger charge is -2.25. The van der Waals surface area contributed by atoms with Crippen molar-refractivity contribution in [3.63, 3.8) is 0 Å². The fraction of sp³-hybridized carbons (Fsp3) is 0.400. The topological polar surface area (TPSA) is 49.7 Å². The van der Waals surface area contributed by atoms with Gasteiger partial charge in [0.05, 0.1) is 9.47 Å². The van der Waals surface area contributed by atoms with Gasteiger partial charge in [0.1, 0.15) is 17.2 Å². The van der Waals surface area contributed by atoms with Gasteiger partial charge in [-0.2, -0.15) is 0 Å². The molecule has 3 rings (SSSR count). The van der Waals surface area contributed by atoms with Gasteiger partial charge in [-0.1, -0.05) is 65.8 Å². The lowest BCUT2D eigenvalue weighted by Crippen LogP contribution is -2.16. The van der Waals surface area contributed by atoms with Crippen LogP contribution < -0.4 is 4.52 Å². The Kier molecular flexibility index (Phi) is 8.48. The smallest absolute Gasteiger partial charge is 0.130 e. The van der Waals surface area contributed by atoms with Crippen LogP contribution in [0.4, 0.5) is 0 Å². The summed E-state index contributed by atoms with van der Waals surface area (Å²) in [5.41, 5.74) is 8.79. The van der Waals surface area contributed by atoms with Crippen molar-refractivity contribution in [1.82, 2.24) is 0 Å². The molecule has 0 fully saturated rings. The van der Waals surface area contributed by atoms with Crippen LogP contribution in [0.25, 0.3) is 11.1 Å². The van der Waals surface area contributed by atoms with Gasteiger partial charge in [0.25, 0.3) is 0 Å². The second-order valence-corrected chi connectivity index (χ2v) is 11.4. The molecular weight excluding hydrogens is 439 g/mol. The molecule has 3 aromatic carbocycles. The summed E-state index contributed by atoms with van der Waals surface area (Å²) < 4.78 is 5.39. The van der Waals surface area contributed by atoms with Crippen molar-refractivity contribution in [1.29, 1.82) is 0 Å². The second kappa shape index (κ2) is 10.4. The van der Waals surface area contributed by atoms with E-state index in [0.717, 1.165) is 39.1 Å². The highest BCUT2D eigenvalue weighted by Crippen LogP contribution is 2.43. The molecule has 0 aliphatic carbocycles. The van der Waals surface area contributed by atoms with E-state index in [1.54, 1.807) is 12.1 Å². The van der Waals surface area contributed by atoms with E-state index in [1.807, 2.05) is 38.1 Å². The van der Waals surface area contributed by atoms with Crippen LogP contribution in [0.15, 0.2) is 42.5 Å². The minimum atomic E-state index is -0.00859. The van der Waals surface area contributed by atoms with Gasteiger partial charge in [0.15, 0.2) is 0 Å². The van der Waals surface area contributed by atoms with Crippen molar-refractivity contribution in [2.24, 2.45) is 0 Å². The maximum absolute atomic E-state index is 10.2. The average molecular weight is 481 g/mol. The first kappa shape index (κ1) is 27.7. The highest BCUT2D eigenvalue weighted by Gasteiger charge is 2.22. The highest BCUT2D eigenvalue weighted by molar-refractivity contribution is 7.10. The Bertz CT molecular complexity index is 1170. The van der Waals surface area contributed by atoms with E-state index in [1.165, 1.54) is 11.1 Å². The van der Waals surface area contributed by atoms with E-state index in [9.17, 15) is 10.2 Å². The number of aryl methyl sites for hydroxylation is 2. The fourth-order valence-electron chi connectivity index (χ4n) is 3.92. The van der Waals surface area contributed by atoms with Gasteiger partial charge in [0.2, 0.25) is 0 Å². The summed E-state index contributed by atoms with van der Waals surface area (Å²) in [4.78, 5) is 0. The molecule has 0 saturated heterocycles. The zero-order valence-electron chi connectivity index (χ0n) is 22.4. The van der Waals surface area contributed by atoms with E-state index in [4.69, 9.17) is 4.52 Å². The number of phenolic OH excluding ortho intramolecular Hbond substituents is 2. The number of hydrogen-bond acceptors (Lipinski definition) is 3. The Morgan fingerprint density at radius 3 is 1.65 bits per heavy atom. The van der Waals surface area contributed by atoms with Gasteiger partial charge in [-0.05, 0) is 90.1 Å². The van der Waals surface area contributed by atoms with Crippen LogP contribution in [0.3, 0.4) is 0 Å². The molecule has 0 bridgehead atoms. The molecule has 0 aliphatic rings. The molecule has 184 valence electrons. The number of hydrogen-bond donors (Lipinski definition) is 2. The van der Waals surface area contributed by atoms with E-state index in [0.29, 0.717) is 11.5 Å². The molecular formula is C30H41O3P. The maximum Gasteiger partial charge on any atom is 0.130 e. The molecule has 0 aromatic heterocycles. The van der Waals surface area contributed by atoms with Crippen molar-refractivity contribution < 1.29 is 14.7 Å². The molecule has 3 aromatic rings. The number of aromatic hydroxyl groups is 2. The van der Waals surface area contributed by atoms with Crippen molar-refractivity contribution in [3.8, 4) is 28.4 Å². The largest absolute Gasteiger partial charge is 0.508 e. The van der Waals surface area contributed by atoms with Gasteiger partial charge >= 0.3 is 0 Å². The summed E-state index contributed by atoms with van der Waals surface area (Å²) in [5.74, 6) is 1.45. The van der Waals surface area contributed by atoms with Crippen LogP contribution in [-0.2, 0) is 10.8 Å². The molecule has 0 heterocycles. The second-order valence-electron chi connectivity index (χ2n) is 11.1. The van der Waals surface area contributed by atoms with Gasteiger partial charge < -0.3 is 14.7 Å². The third kappa shape index (κ3) is 6.13. The molecule has 1 atom stereocenters. The minimum absolute atomic E-state index is 0.00859. The maximum atomic E-state index is 10.2. The zero-order valence-corrected chi connectivity index (χ0v) is 23.6. The summed E-state index contributed by atoms with van der Waals surface area (Å²) in [6.07, 6.45) is 0. The van der Waals surface area contributed by atoms with E-state index >= 15 is 0 Å². The molecule has 0 spiro atoms. The number of rotatable bonds is 2. The predicted molar refractivity (Wildman–Crippen MR) is 148 cm³/mol. The number of phenols is 2. The molecule has 0 saturated carbocycles. The Hall–Kier alpha value is -2.51. The molecule has 2 N–H and O–H groups in total. The quantitative estimate of drug-likeness (QED) is 0.362. The third-order valence-corrected chi connectivity index (χ3v) is 6.71. The normalized spacial score (nSPS) is 11.6. The van der Waals surface area contributed by atoms with Crippen LogP contribution in [0.5, 0.6) is 17.2 Å². The molecule has 1 unspecified atom stereocenters. The van der Waals surface area contributed by atoms with E-state index < -0.39 is 0 Å². The lowest BCUT2D eigenvalue weighted by atomic mass is 9.80. The Balaban J connectivity index is 0.000000248. The van der Waals surface area contributed by atoms with Crippen molar-refractivity contribution in [3.05, 3.63) is 75.8 Å². The van der Waals surface area contributed by atoms with Crippen LogP contribution in [0, 0.1) is 27.7 Å². The lowest BCUT2D eigenvalue weighted by molar-refractivity contribution is 0.444. The Morgan fingerprint density at radius 2 is 1.15 bits per heavy atom. The summed E-state index contributed by atoms with van der Waals surface area (Å²) in [5, 5.41) is 20.1. The predicted octanol–water partition coefficient (Wildman–Crippen LogP) is 8.45. The third-order valence-electron chi connectivity index (χ3n) is 6.46. The van der Waals surface area contributed by atoms with Gasteiger partial charge in [0, 0.05) is 11.1 Å². The summed E-state index contributed by atoms with van der Waals surface area (Å²) in [7, 11) is 2.28. The van der Waals surface area contributed by atoms with Gasteiger partial charge in [-0.25, -0.2) is 0 Å². The Labute approximate surface area is 208 Å². The summed E-state index contributed by atoms with van der Waals surface area (Å²) >= 11 is 0. The molecule has 34 heavy (non-hydrogen) atoms. The minimum Gasteiger partial charge on any atom is -0.508 e. The summed E-state index contributed by atoms with van der Waals surface area (Å²) in [6.45, 7) is 21.1. The zero-order chi connectivity index (χ0) is 26.0. The SMILES string of the molecule is CC(C)(C)c1ccc(O)c(C(C)(C)C)c1.Cc1ccc(O)c(-c2c(OP)ccc(C)c2C)c1C. The van der Waals surface area contributed by atoms with Crippen molar-refractivity contribution >= 4 is 9.47 Å². The molecule has 4 heteroatoms. The first-order valence-corrected chi connectivity index (χ1v) is 12.2. The Morgan fingerprint density at radius 1 is 0.647 bits per heavy atom. The monoisotopic (exact) mass is 480 g/mol. The first-order valence-electron chi connectivity index (χ1n) is 11.7. The molecule has 0 radical (unpaired) electrons. The molecule has 3 nitrogen and oxygen atoms in total. The average Bonchev–Trinajstić information content (AvgIpc) is 2.73. The summed E-state index contributed by atoms with van der Waals surface area (Å²) in [6, 6.07) is 13.6. The number of benzene rings is 3. The first-order chi connectivity index (χ1) is 15.6. The van der Waals surface area contributed by atoms with Crippen LogP contribution in [-0.4, -0.2) is 10.2 Å². The van der Waals surface area contributed by atoms with Gasteiger partial charge in [-0.3, -0.25) is 0 Å².